The van der Waals surface area contributed by atoms with Gasteiger partial charge in [0, 0.05) is 19.5 Å². The molecule has 0 aliphatic heterocycles. The van der Waals surface area contributed by atoms with Gasteiger partial charge >= 0.3 is 5.97 Å². The Bertz CT molecular complexity index is 519. The zero-order valence-electron chi connectivity index (χ0n) is 13.3. The Morgan fingerprint density at radius 2 is 1.77 bits per heavy atom. The number of carbonyl (C=O) groups is 2. The molecule has 4 nitrogen and oxygen atoms in total. The van der Waals surface area contributed by atoms with Crippen LogP contribution in [0.2, 0.25) is 0 Å². The molecule has 4 heteroatoms. The Hall–Kier alpha value is -1.84. The van der Waals surface area contributed by atoms with Gasteiger partial charge in [0.05, 0.1) is 5.56 Å². The van der Waals surface area contributed by atoms with E-state index in [1.165, 1.54) is 25.7 Å². The minimum atomic E-state index is -0.930. The maximum absolute atomic E-state index is 12.4. The van der Waals surface area contributed by atoms with E-state index in [2.05, 4.69) is 0 Å². The molecule has 22 heavy (non-hydrogen) atoms. The first-order valence-corrected chi connectivity index (χ1v) is 8.16. The van der Waals surface area contributed by atoms with Crippen LogP contribution in [0.1, 0.15) is 60.9 Å². The van der Waals surface area contributed by atoms with Crippen molar-refractivity contribution in [3.8, 4) is 0 Å². The highest BCUT2D eigenvalue weighted by molar-refractivity contribution is 5.89. The van der Waals surface area contributed by atoms with Crippen LogP contribution in [-0.2, 0) is 11.2 Å². The number of rotatable bonds is 5. The predicted octanol–water partition coefficient (Wildman–Crippen LogP) is 3.50. The summed E-state index contributed by atoms with van der Waals surface area (Å²) < 4.78 is 0. The van der Waals surface area contributed by atoms with Crippen LogP contribution in [0.3, 0.4) is 0 Å². The minimum absolute atomic E-state index is 0.118. The first kappa shape index (κ1) is 16.5. The smallest absolute Gasteiger partial charge is 0.335 e. The Balaban J connectivity index is 1.93. The normalized spacial score (nSPS) is 16.0. The second-order valence-corrected chi connectivity index (χ2v) is 6.11. The lowest BCUT2D eigenvalue weighted by Gasteiger charge is -2.27. The summed E-state index contributed by atoms with van der Waals surface area (Å²) in [6.07, 6.45) is 7.97. The molecule has 0 saturated heterocycles. The molecule has 120 valence electrons. The average Bonchev–Trinajstić information content (AvgIpc) is 2.81. The van der Waals surface area contributed by atoms with E-state index >= 15 is 0 Å². The first-order chi connectivity index (χ1) is 10.6. The summed E-state index contributed by atoms with van der Waals surface area (Å²) in [7, 11) is 1.89. The Morgan fingerprint density at radius 1 is 1.14 bits per heavy atom. The first-order valence-electron chi connectivity index (χ1n) is 8.16. The summed E-state index contributed by atoms with van der Waals surface area (Å²) >= 11 is 0. The number of aryl methyl sites for hydroxylation is 1. The van der Waals surface area contributed by atoms with Gasteiger partial charge in [-0.25, -0.2) is 4.79 Å². The zero-order chi connectivity index (χ0) is 15.9. The minimum Gasteiger partial charge on any atom is -0.478 e. The Morgan fingerprint density at radius 3 is 2.41 bits per heavy atom. The molecule has 1 aromatic rings. The van der Waals surface area contributed by atoms with Crippen molar-refractivity contribution in [3.05, 3.63) is 35.4 Å². The number of nitrogens with zero attached hydrogens (tertiary/aromatic N) is 1. The lowest BCUT2D eigenvalue weighted by molar-refractivity contribution is -0.132. The van der Waals surface area contributed by atoms with Gasteiger partial charge in [-0.15, -0.1) is 0 Å². The maximum atomic E-state index is 12.4. The van der Waals surface area contributed by atoms with Crippen LogP contribution in [0, 0.1) is 0 Å². The van der Waals surface area contributed by atoms with Crippen molar-refractivity contribution in [3.63, 3.8) is 0 Å². The Labute approximate surface area is 132 Å². The number of aromatic carboxylic acids is 1. The van der Waals surface area contributed by atoms with Gasteiger partial charge in [0.2, 0.25) is 5.91 Å². The number of benzene rings is 1. The largest absolute Gasteiger partial charge is 0.478 e. The molecule has 1 fully saturated rings. The standard InChI is InChI=1S/C18H25NO3/c1-19(15-9-4-2-3-5-10-15)17(20)13-12-14-8-6-7-11-16(14)18(21)22/h6-8,11,15H,2-5,9-10,12-13H2,1H3,(H,21,22). The molecule has 0 radical (unpaired) electrons. The third kappa shape index (κ3) is 4.33. The van der Waals surface area contributed by atoms with E-state index in [1.807, 2.05) is 18.0 Å². The summed E-state index contributed by atoms with van der Waals surface area (Å²) in [4.78, 5) is 25.5. The summed E-state index contributed by atoms with van der Waals surface area (Å²) in [5, 5.41) is 9.18. The number of hydrogen-bond donors (Lipinski definition) is 1. The van der Waals surface area contributed by atoms with E-state index in [0.717, 1.165) is 18.4 Å². The van der Waals surface area contributed by atoms with Crippen molar-refractivity contribution in [2.45, 2.75) is 57.4 Å². The van der Waals surface area contributed by atoms with Gasteiger partial charge < -0.3 is 10.0 Å². The van der Waals surface area contributed by atoms with Crippen LogP contribution in [0.5, 0.6) is 0 Å². The molecule has 0 heterocycles. The third-order valence-electron chi connectivity index (χ3n) is 4.62. The van der Waals surface area contributed by atoms with Crippen LogP contribution < -0.4 is 0 Å². The highest BCUT2D eigenvalue weighted by Crippen LogP contribution is 2.22. The summed E-state index contributed by atoms with van der Waals surface area (Å²) in [5.41, 5.74) is 1.03. The van der Waals surface area contributed by atoms with E-state index in [-0.39, 0.29) is 5.91 Å². The van der Waals surface area contributed by atoms with Crippen molar-refractivity contribution in [2.24, 2.45) is 0 Å². The van der Waals surface area contributed by atoms with E-state index in [4.69, 9.17) is 0 Å². The van der Waals surface area contributed by atoms with Gasteiger partial charge in [0.15, 0.2) is 0 Å². The fourth-order valence-corrected chi connectivity index (χ4v) is 3.21. The molecule has 1 aliphatic rings. The Kier molecular flexibility index (Phi) is 5.99. The third-order valence-corrected chi connectivity index (χ3v) is 4.62. The summed E-state index contributed by atoms with van der Waals surface area (Å²) in [5.74, 6) is -0.813. The zero-order valence-corrected chi connectivity index (χ0v) is 13.3. The average molecular weight is 303 g/mol. The number of hydrogen-bond acceptors (Lipinski definition) is 2. The summed E-state index contributed by atoms with van der Waals surface area (Å²) in [6, 6.07) is 7.28. The van der Waals surface area contributed by atoms with Gasteiger partial charge in [-0.2, -0.15) is 0 Å². The van der Waals surface area contributed by atoms with E-state index in [0.29, 0.717) is 24.4 Å². The molecule has 0 bridgehead atoms. The molecule has 2 rings (SSSR count). The second kappa shape index (κ2) is 7.97. The van der Waals surface area contributed by atoms with Gasteiger partial charge in [0.25, 0.3) is 0 Å². The summed E-state index contributed by atoms with van der Waals surface area (Å²) in [6.45, 7) is 0. The molecule has 1 saturated carbocycles. The van der Waals surface area contributed by atoms with Gasteiger partial charge in [0.1, 0.15) is 0 Å². The highest BCUT2D eigenvalue weighted by Gasteiger charge is 2.21. The molecular formula is C18H25NO3. The lowest BCUT2D eigenvalue weighted by Crippen LogP contribution is -2.36. The van der Waals surface area contributed by atoms with E-state index in [1.54, 1.807) is 18.2 Å². The number of carbonyl (C=O) groups excluding carboxylic acids is 1. The van der Waals surface area contributed by atoms with Gasteiger partial charge in [-0.3, -0.25) is 4.79 Å². The number of amides is 1. The van der Waals surface area contributed by atoms with E-state index in [9.17, 15) is 14.7 Å². The number of carboxylic acid groups (broad SMARTS) is 1. The number of carboxylic acids is 1. The van der Waals surface area contributed by atoms with Crippen LogP contribution in [0.15, 0.2) is 24.3 Å². The van der Waals surface area contributed by atoms with Gasteiger partial charge in [-0.1, -0.05) is 43.9 Å². The molecule has 1 aromatic carbocycles. The van der Waals surface area contributed by atoms with E-state index < -0.39 is 5.97 Å². The molecule has 0 unspecified atom stereocenters. The van der Waals surface area contributed by atoms with Crippen LogP contribution in [0.4, 0.5) is 0 Å². The molecule has 0 spiro atoms. The van der Waals surface area contributed by atoms with Crippen molar-refractivity contribution in [1.82, 2.24) is 4.90 Å². The molecule has 1 aliphatic carbocycles. The topological polar surface area (TPSA) is 57.6 Å². The van der Waals surface area contributed by atoms with Crippen molar-refractivity contribution < 1.29 is 14.7 Å². The highest BCUT2D eigenvalue weighted by atomic mass is 16.4. The van der Waals surface area contributed by atoms with Gasteiger partial charge in [-0.05, 0) is 30.9 Å². The molecule has 0 aromatic heterocycles. The monoisotopic (exact) mass is 303 g/mol. The molecule has 1 amide bonds. The quantitative estimate of drug-likeness (QED) is 0.847. The molecule has 0 atom stereocenters. The fraction of sp³-hybridized carbons (Fsp3) is 0.556. The van der Waals surface area contributed by atoms with Crippen LogP contribution in [0.25, 0.3) is 0 Å². The van der Waals surface area contributed by atoms with Crippen LogP contribution in [-0.4, -0.2) is 35.0 Å². The van der Waals surface area contributed by atoms with Crippen molar-refractivity contribution in [2.75, 3.05) is 7.05 Å². The second-order valence-electron chi connectivity index (χ2n) is 6.11. The molecular weight excluding hydrogens is 278 g/mol. The van der Waals surface area contributed by atoms with Crippen molar-refractivity contribution >= 4 is 11.9 Å². The van der Waals surface area contributed by atoms with Crippen LogP contribution >= 0.6 is 0 Å². The molecule has 1 N–H and O–H groups in total. The predicted molar refractivity (Wildman–Crippen MR) is 86.0 cm³/mol. The lowest BCUT2D eigenvalue weighted by atomic mass is 10.0. The SMILES string of the molecule is CN(C(=O)CCc1ccccc1C(=O)O)C1CCCCCC1. The van der Waals surface area contributed by atoms with Crippen molar-refractivity contribution in [1.29, 1.82) is 0 Å². The maximum Gasteiger partial charge on any atom is 0.335 e. The fourth-order valence-electron chi connectivity index (χ4n) is 3.21.